The van der Waals surface area contributed by atoms with Crippen LogP contribution in [0.4, 0.5) is 0 Å². The van der Waals surface area contributed by atoms with Gasteiger partial charge in [-0.1, -0.05) is 0 Å². The maximum absolute atomic E-state index is 5.54. The summed E-state index contributed by atoms with van der Waals surface area (Å²) in [5, 5.41) is 4.16. The molecule has 2 rings (SSSR count). The Morgan fingerprint density at radius 2 is 2.42 bits per heavy atom. The molecule has 0 saturated carbocycles. The second-order valence-electron chi connectivity index (χ2n) is 2.70. The van der Waals surface area contributed by atoms with E-state index in [0.29, 0.717) is 6.54 Å². The van der Waals surface area contributed by atoms with Crippen molar-refractivity contribution in [3.63, 3.8) is 0 Å². The van der Waals surface area contributed by atoms with Crippen molar-refractivity contribution in [2.24, 2.45) is 5.73 Å². The fourth-order valence-corrected chi connectivity index (χ4v) is 1.21. The topological polar surface area (TPSA) is 56.2 Å². The molecule has 0 atom stereocenters. The number of rotatable bonds is 1. The highest BCUT2D eigenvalue weighted by molar-refractivity contribution is 5.45. The SMILES string of the molecule is Cc1cnn2c(CN)ccnc12. The average Bonchev–Trinajstić information content (AvgIpc) is 2.48. The largest absolute Gasteiger partial charge is 0.325 e. The quantitative estimate of drug-likeness (QED) is 0.664. The van der Waals surface area contributed by atoms with Gasteiger partial charge >= 0.3 is 0 Å². The van der Waals surface area contributed by atoms with Crippen LogP contribution in [0.1, 0.15) is 11.3 Å². The van der Waals surface area contributed by atoms with Crippen molar-refractivity contribution >= 4 is 5.65 Å². The summed E-state index contributed by atoms with van der Waals surface area (Å²) in [5.74, 6) is 0. The van der Waals surface area contributed by atoms with Gasteiger partial charge in [0.15, 0.2) is 5.65 Å². The first-order chi connectivity index (χ1) is 5.83. The lowest BCUT2D eigenvalue weighted by Crippen LogP contribution is -2.05. The Kier molecular flexibility index (Phi) is 1.55. The molecule has 0 unspecified atom stereocenters. The lowest BCUT2D eigenvalue weighted by atomic mass is 10.3. The molecule has 62 valence electrons. The molecule has 0 saturated heterocycles. The van der Waals surface area contributed by atoms with E-state index in [1.807, 2.05) is 13.0 Å². The van der Waals surface area contributed by atoms with Crippen molar-refractivity contribution in [1.82, 2.24) is 14.6 Å². The molecule has 4 nitrogen and oxygen atoms in total. The summed E-state index contributed by atoms with van der Waals surface area (Å²) >= 11 is 0. The Morgan fingerprint density at radius 3 is 3.17 bits per heavy atom. The standard InChI is InChI=1S/C8H10N4/c1-6-5-11-12-7(4-9)2-3-10-8(6)12/h2-3,5H,4,9H2,1H3. The molecule has 0 aliphatic heterocycles. The lowest BCUT2D eigenvalue weighted by Gasteiger charge is -1.99. The van der Waals surface area contributed by atoms with Gasteiger partial charge in [-0.05, 0) is 13.0 Å². The van der Waals surface area contributed by atoms with Crippen LogP contribution in [0.2, 0.25) is 0 Å². The Balaban J connectivity index is 2.81. The second-order valence-corrected chi connectivity index (χ2v) is 2.70. The molecule has 2 aromatic heterocycles. The Bertz CT molecular complexity index is 404. The first-order valence-corrected chi connectivity index (χ1v) is 3.81. The third kappa shape index (κ3) is 0.887. The van der Waals surface area contributed by atoms with E-state index in [1.54, 1.807) is 16.9 Å². The van der Waals surface area contributed by atoms with Crippen LogP contribution >= 0.6 is 0 Å². The molecule has 0 aliphatic rings. The van der Waals surface area contributed by atoms with Crippen molar-refractivity contribution in [2.45, 2.75) is 13.5 Å². The molecule has 0 aliphatic carbocycles. The van der Waals surface area contributed by atoms with E-state index < -0.39 is 0 Å². The van der Waals surface area contributed by atoms with E-state index in [2.05, 4.69) is 10.1 Å². The van der Waals surface area contributed by atoms with Gasteiger partial charge in [0, 0.05) is 18.3 Å². The normalized spacial score (nSPS) is 10.8. The summed E-state index contributed by atoms with van der Waals surface area (Å²) in [4.78, 5) is 4.19. The number of hydrogen-bond donors (Lipinski definition) is 1. The van der Waals surface area contributed by atoms with E-state index in [-0.39, 0.29) is 0 Å². The monoisotopic (exact) mass is 162 g/mol. The van der Waals surface area contributed by atoms with E-state index in [4.69, 9.17) is 5.73 Å². The molecular weight excluding hydrogens is 152 g/mol. The van der Waals surface area contributed by atoms with Crippen LogP contribution in [-0.2, 0) is 6.54 Å². The first kappa shape index (κ1) is 7.24. The molecule has 2 heterocycles. The number of fused-ring (bicyclic) bond motifs is 1. The van der Waals surface area contributed by atoms with Gasteiger partial charge in [-0.25, -0.2) is 9.50 Å². The number of aryl methyl sites for hydroxylation is 1. The second kappa shape index (κ2) is 2.57. The van der Waals surface area contributed by atoms with Crippen molar-refractivity contribution < 1.29 is 0 Å². The molecule has 2 aromatic rings. The van der Waals surface area contributed by atoms with Crippen LogP contribution in [0.25, 0.3) is 5.65 Å². The van der Waals surface area contributed by atoms with E-state index in [9.17, 15) is 0 Å². The summed E-state index contributed by atoms with van der Waals surface area (Å²) in [6.45, 7) is 2.47. The predicted molar refractivity (Wildman–Crippen MR) is 45.6 cm³/mol. The molecular formula is C8H10N4. The van der Waals surface area contributed by atoms with Crippen LogP contribution < -0.4 is 5.73 Å². The number of aromatic nitrogens is 3. The van der Waals surface area contributed by atoms with Gasteiger partial charge in [0.2, 0.25) is 0 Å². The summed E-state index contributed by atoms with van der Waals surface area (Å²) in [6, 6.07) is 1.87. The summed E-state index contributed by atoms with van der Waals surface area (Å²) in [6.07, 6.45) is 3.55. The Morgan fingerprint density at radius 1 is 1.58 bits per heavy atom. The number of nitrogens with zero attached hydrogens (tertiary/aromatic N) is 3. The van der Waals surface area contributed by atoms with Crippen LogP contribution in [0.3, 0.4) is 0 Å². The molecule has 4 heteroatoms. The van der Waals surface area contributed by atoms with Gasteiger partial charge in [-0.3, -0.25) is 0 Å². The highest BCUT2D eigenvalue weighted by atomic mass is 15.3. The minimum Gasteiger partial charge on any atom is -0.325 e. The molecule has 0 amide bonds. The highest BCUT2D eigenvalue weighted by Crippen LogP contribution is 2.07. The smallest absolute Gasteiger partial charge is 0.158 e. The van der Waals surface area contributed by atoms with Crippen molar-refractivity contribution in [3.8, 4) is 0 Å². The van der Waals surface area contributed by atoms with Crippen molar-refractivity contribution in [3.05, 3.63) is 29.7 Å². The van der Waals surface area contributed by atoms with Crippen LogP contribution in [-0.4, -0.2) is 14.6 Å². The lowest BCUT2D eigenvalue weighted by molar-refractivity contribution is 0.835. The third-order valence-corrected chi connectivity index (χ3v) is 1.87. The van der Waals surface area contributed by atoms with E-state index in [0.717, 1.165) is 16.9 Å². The van der Waals surface area contributed by atoms with Gasteiger partial charge in [-0.2, -0.15) is 5.10 Å². The maximum Gasteiger partial charge on any atom is 0.158 e. The molecule has 12 heavy (non-hydrogen) atoms. The fraction of sp³-hybridized carbons (Fsp3) is 0.250. The zero-order chi connectivity index (χ0) is 8.55. The van der Waals surface area contributed by atoms with Gasteiger partial charge in [0.1, 0.15) is 0 Å². The minimum atomic E-state index is 0.486. The predicted octanol–water partition coefficient (Wildman–Crippen LogP) is 0.496. The van der Waals surface area contributed by atoms with Crippen LogP contribution in [0, 0.1) is 6.92 Å². The maximum atomic E-state index is 5.54. The summed E-state index contributed by atoms with van der Waals surface area (Å²) in [7, 11) is 0. The zero-order valence-electron chi connectivity index (χ0n) is 6.86. The van der Waals surface area contributed by atoms with Gasteiger partial charge < -0.3 is 5.73 Å². The Labute approximate surface area is 70.0 Å². The van der Waals surface area contributed by atoms with Crippen molar-refractivity contribution in [2.75, 3.05) is 0 Å². The summed E-state index contributed by atoms with van der Waals surface area (Å²) in [5.41, 5.74) is 8.48. The molecule has 0 bridgehead atoms. The average molecular weight is 162 g/mol. The molecule has 0 aromatic carbocycles. The zero-order valence-corrected chi connectivity index (χ0v) is 6.86. The number of hydrogen-bond acceptors (Lipinski definition) is 3. The Hall–Kier alpha value is -1.42. The van der Waals surface area contributed by atoms with Gasteiger partial charge in [0.05, 0.1) is 11.9 Å². The van der Waals surface area contributed by atoms with E-state index in [1.165, 1.54) is 0 Å². The van der Waals surface area contributed by atoms with Crippen LogP contribution in [0.15, 0.2) is 18.5 Å². The highest BCUT2D eigenvalue weighted by Gasteiger charge is 2.02. The minimum absolute atomic E-state index is 0.486. The molecule has 2 N–H and O–H groups in total. The van der Waals surface area contributed by atoms with Crippen molar-refractivity contribution in [1.29, 1.82) is 0 Å². The molecule has 0 fully saturated rings. The van der Waals surface area contributed by atoms with Gasteiger partial charge in [0.25, 0.3) is 0 Å². The van der Waals surface area contributed by atoms with Crippen LogP contribution in [0.5, 0.6) is 0 Å². The summed E-state index contributed by atoms with van der Waals surface area (Å²) < 4.78 is 1.77. The van der Waals surface area contributed by atoms with E-state index >= 15 is 0 Å². The molecule has 0 spiro atoms. The fourth-order valence-electron chi connectivity index (χ4n) is 1.21. The third-order valence-electron chi connectivity index (χ3n) is 1.87. The first-order valence-electron chi connectivity index (χ1n) is 3.81. The molecule has 0 radical (unpaired) electrons. The van der Waals surface area contributed by atoms with Gasteiger partial charge in [-0.15, -0.1) is 0 Å². The number of nitrogens with two attached hydrogens (primary N) is 1.